The molecule has 0 spiro atoms. The summed E-state index contributed by atoms with van der Waals surface area (Å²) in [6.07, 6.45) is 0. The summed E-state index contributed by atoms with van der Waals surface area (Å²) < 4.78 is 9.22. The van der Waals surface area contributed by atoms with E-state index in [0.29, 0.717) is 5.82 Å². The molecule has 11 aromatic rings. The van der Waals surface area contributed by atoms with Crippen LogP contribution >= 0.6 is 0 Å². The molecule has 0 aliphatic heterocycles. The molecule has 8 aromatic carbocycles. The third-order valence-electron chi connectivity index (χ3n) is 10.6. The first kappa shape index (κ1) is 30.3. The molecule has 3 aromatic heterocycles. The molecule has 54 heavy (non-hydrogen) atoms. The average molecular weight is 690 g/mol. The number of para-hydroxylation sites is 3. The summed E-state index contributed by atoms with van der Waals surface area (Å²) in [6, 6.07) is 66.0. The van der Waals surface area contributed by atoms with E-state index in [1.165, 1.54) is 33.0 Å². The Morgan fingerprint density at radius 2 is 1.04 bits per heavy atom. The Labute approximate surface area is 311 Å². The molecule has 0 radical (unpaired) electrons. The van der Waals surface area contributed by atoms with E-state index in [0.717, 1.165) is 66.4 Å². The van der Waals surface area contributed by atoms with Crippen LogP contribution < -0.4 is 0 Å². The van der Waals surface area contributed by atoms with Crippen LogP contribution in [0.1, 0.15) is 0 Å². The first-order chi connectivity index (χ1) is 26.8. The molecule has 0 aliphatic carbocycles. The van der Waals surface area contributed by atoms with Crippen LogP contribution in [0.5, 0.6) is 0 Å². The van der Waals surface area contributed by atoms with Crippen LogP contribution in [0.15, 0.2) is 192 Å². The highest BCUT2D eigenvalue weighted by Gasteiger charge is 2.20. The monoisotopic (exact) mass is 689 g/mol. The van der Waals surface area contributed by atoms with Crippen molar-refractivity contribution in [1.29, 1.82) is 0 Å². The van der Waals surface area contributed by atoms with Gasteiger partial charge in [-0.05, 0) is 58.7 Å². The van der Waals surface area contributed by atoms with Gasteiger partial charge in [-0.2, -0.15) is 0 Å². The van der Waals surface area contributed by atoms with Gasteiger partial charge in [0.15, 0.2) is 11.4 Å². The maximum Gasteiger partial charge on any atom is 0.160 e. The van der Waals surface area contributed by atoms with Crippen LogP contribution in [0, 0.1) is 0 Å². The number of aromatic nitrogens is 3. The maximum absolute atomic E-state index is 6.86. The van der Waals surface area contributed by atoms with Crippen molar-refractivity contribution >= 4 is 54.6 Å². The molecule has 0 unspecified atom stereocenters. The van der Waals surface area contributed by atoms with Gasteiger partial charge in [-0.15, -0.1) is 0 Å². The predicted molar refractivity (Wildman–Crippen MR) is 223 cm³/mol. The SMILES string of the molecule is c1ccc(-c2ccc(-c3nc(-c4ccc5c(c4)oc4c(-n6c7ccccc7c7c(-c8ccccc8)cccc76)cccc45)nc4ccccc34)cc2)cc1. The molecule has 0 amide bonds. The molecular weight excluding hydrogens is 659 g/mol. The molecule has 0 bridgehead atoms. The van der Waals surface area contributed by atoms with Crippen molar-refractivity contribution in [3.05, 3.63) is 188 Å². The predicted octanol–water partition coefficient (Wildman–Crippen LogP) is 13.3. The zero-order chi connectivity index (χ0) is 35.6. The minimum Gasteiger partial charge on any atom is -0.454 e. The number of nitrogens with zero attached hydrogens (tertiary/aromatic N) is 3. The lowest BCUT2D eigenvalue weighted by Gasteiger charge is -2.10. The van der Waals surface area contributed by atoms with E-state index in [-0.39, 0.29) is 0 Å². The molecule has 0 aliphatic rings. The maximum atomic E-state index is 6.86. The van der Waals surface area contributed by atoms with Gasteiger partial charge in [0.25, 0.3) is 0 Å². The van der Waals surface area contributed by atoms with E-state index in [9.17, 15) is 0 Å². The molecule has 4 nitrogen and oxygen atoms in total. The zero-order valence-corrected chi connectivity index (χ0v) is 29.1. The fourth-order valence-corrected chi connectivity index (χ4v) is 8.11. The second-order valence-electron chi connectivity index (χ2n) is 13.7. The van der Waals surface area contributed by atoms with Crippen molar-refractivity contribution in [2.45, 2.75) is 0 Å². The van der Waals surface area contributed by atoms with E-state index >= 15 is 0 Å². The molecule has 3 heterocycles. The van der Waals surface area contributed by atoms with Crippen LogP contribution in [0.4, 0.5) is 0 Å². The summed E-state index contributed by atoms with van der Waals surface area (Å²) in [5, 5.41) is 5.58. The van der Waals surface area contributed by atoms with Gasteiger partial charge >= 0.3 is 0 Å². The summed E-state index contributed by atoms with van der Waals surface area (Å²) in [6.45, 7) is 0. The summed E-state index contributed by atoms with van der Waals surface area (Å²) in [5.41, 5.74) is 13.5. The van der Waals surface area contributed by atoms with Crippen LogP contribution in [-0.2, 0) is 0 Å². The number of rotatable bonds is 5. The van der Waals surface area contributed by atoms with Crippen molar-refractivity contribution in [1.82, 2.24) is 14.5 Å². The van der Waals surface area contributed by atoms with Gasteiger partial charge in [0.05, 0.1) is 27.9 Å². The van der Waals surface area contributed by atoms with Crippen molar-refractivity contribution in [3.63, 3.8) is 0 Å². The second kappa shape index (κ2) is 12.1. The van der Waals surface area contributed by atoms with Crippen molar-refractivity contribution in [3.8, 4) is 50.6 Å². The van der Waals surface area contributed by atoms with E-state index < -0.39 is 0 Å². The van der Waals surface area contributed by atoms with Gasteiger partial charge < -0.3 is 8.98 Å². The van der Waals surface area contributed by atoms with E-state index in [1.807, 2.05) is 18.2 Å². The summed E-state index contributed by atoms with van der Waals surface area (Å²) in [5.74, 6) is 0.661. The quantitative estimate of drug-likeness (QED) is 0.181. The summed E-state index contributed by atoms with van der Waals surface area (Å²) >= 11 is 0. The van der Waals surface area contributed by atoms with Gasteiger partial charge in [0.1, 0.15) is 5.58 Å². The highest BCUT2D eigenvalue weighted by Crippen LogP contribution is 2.42. The lowest BCUT2D eigenvalue weighted by atomic mass is 9.99. The standard InChI is InChI=1S/C50H31N3O/c1-3-13-32(14-4-1)33-25-27-35(28-26-33)48-40-17-7-9-21-42(40)51-50(52-48)36-29-30-38-39-20-12-24-45(49(39)54-46(38)31-36)53-43-22-10-8-18-41(43)47-37(19-11-23-44(47)53)34-15-5-2-6-16-34/h1-31H. The number of benzene rings is 8. The molecule has 252 valence electrons. The highest BCUT2D eigenvalue weighted by molar-refractivity contribution is 6.17. The van der Waals surface area contributed by atoms with Crippen molar-refractivity contribution in [2.75, 3.05) is 0 Å². The topological polar surface area (TPSA) is 43.9 Å². The third-order valence-corrected chi connectivity index (χ3v) is 10.6. The molecule has 0 fully saturated rings. The minimum atomic E-state index is 0.661. The Morgan fingerprint density at radius 1 is 0.407 bits per heavy atom. The second-order valence-corrected chi connectivity index (χ2v) is 13.7. The average Bonchev–Trinajstić information content (AvgIpc) is 3.80. The minimum absolute atomic E-state index is 0.661. The Bertz CT molecular complexity index is 3200. The fourth-order valence-electron chi connectivity index (χ4n) is 8.11. The van der Waals surface area contributed by atoms with Gasteiger partial charge in [-0.25, -0.2) is 9.97 Å². The van der Waals surface area contributed by atoms with Gasteiger partial charge in [0, 0.05) is 38.1 Å². The smallest absolute Gasteiger partial charge is 0.160 e. The molecule has 0 N–H and O–H groups in total. The lowest BCUT2D eigenvalue weighted by Crippen LogP contribution is -1.95. The number of furan rings is 1. The van der Waals surface area contributed by atoms with E-state index in [1.54, 1.807) is 0 Å². The third kappa shape index (κ3) is 4.78. The normalized spacial score (nSPS) is 11.7. The van der Waals surface area contributed by atoms with E-state index in [2.05, 4.69) is 174 Å². The van der Waals surface area contributed by atoms with Crippen LogP contribution in [0.3, 0.4) is 0 Å². The molecule has 4 heteroatoms. The van der Waals surface area contributed by atoms with Crippen LogP contribution in [0.2, 0.25) is 0 Å². The lowest BCUT2D eigenvalue weighted by molar-refractivity contribution is 0.666. The summed E-state index contributed by atoms with van der Waals surface area (Å²) in [4.78, 5) is 10.3. The summed E-state index contributed by atoms with van der Waals surface area (Å²) in [7, 11) is 0. The fraction of sp³-hybridized carbons (Fsp3) is 0. The highest BCUT2D eigenvalue weighted by atomic mass is 16.3. The molecule has 0 atom stereocenters. The Kier molecular flexibility index (Phi) is 6.82. The van der Waals surface area contributed by atoms with Gasteiger partial charge in [-0.1, -0.05) is 152 Å². The first-order valence-electron chi connectivity index (χ1n) is 18.2. The van der Waals surface area contributed by atoms with E-state index in [4.69, 9.17) is 14.4 Å². The molecule has 11 rings (SSSR count). The van der Waals surface area contributed by atoms with Crippen LogP contribution in [0.25, 0.3) is 105 Å². The largest absolute Gasteiger partial charge is 0.454 e. The van der Waals surface area contributed by atoms with Gasteiger partial charge in [-0.3, -0.25) is 0 Å². The molecule has 0 saturated heterocycles. The number of hydrogen-bond acceptors (Lipinski definition) is 3. The molecule has 0 saturated carbocycles. The Balaban J connectivity index is 1.07. The first-order valence-corrected chi connectivity index (χ1v) is 18.2. The zero-order valence-electron chi connectivity index (χ0n) is 29.1. The Morgan fingerprint density at radius 3 is 1.87 bits per heavy atom. The van der Waals surface area contributed by atoms with Crippen molar-refractivity contribution in [2.24, 2.45) is 0 Å². The van der Waals surface area contributed by atoms with Crippen molar-refractivity contribution < 1.29 is 4.42 Å². The van der Waals surface area contributed by atoms with Gasteiger partial charge in [0.2, 0.25) is 0 Å². The Hall–Kier alpha value is -7.30. The molecular formula is C50H31N3O. The number of fused-ring (bicyclic) bond motifs is 7. The van der Waals surface area contributed by atoms with Crippen LogP contribution in [-0.4, -0.2) is 14.5 Å². The number of hydrogen-bond donors (Lipinski definition) is 0.